The Bertz CT molecular complexity index is 1840. The molecule has 3 rings (SSSR count). The van der Waals surface area contributed by atoms with Gasteiger partial charge in [-0.25, -0.2) is 4.68 Å². The Morgan fingerprint density at radius 3 is 1.12 bits per heavy atom. The van der Waals surface area contributed by atoms with Crippen LogP contribution in [0.3, 0.4) is 0 Å². The number of azide groups is 1. The van der Waals surface area contributed by atoms with Gasteiger partial charge in [0, 0.05) is 232 Å². The molecular formula is C46H82CuGd2N14O14. The first-order valence-corrected chi connectivity index (χ1v) is 25.0. The fourth-order valence-corrected chi connectivity index (χ4v) is 7.86. The molecule has 1 aromatic heterocycles. The molecule has 0 saturated carbocycles. The van der Waals surface area contributed by atoms with Gasteiger partial charge in [-0.1, -0.05) is 37.0 Å². The summed E-state index contributed by atoms with van der Waals surface area (Å²) in [6.07, 6.45) is 11.4. The first kappa shape index (κ1) is 78.8. The van der Waals surface area contributed by atoms with Gasteiger partial charge in [0.1, 0.15) is 0 Å². The van der Waals surface area contributed by atoms with Gasteiger partial charge in [0.05, 0.1) is 70.3 Å². The first-order valence-electron chi connectivity index (χ1n) is 25.0. The molecule has 2 fully saturated rings. The third kappa shape index (κ3) is 43.1. The van der Waals surface area contributed by atoms with Gasteiger partial charge in [-0.3, -0.25) is 68.0 Å². The van der Waals surface area contributed by atoms with Crippen molar-refractivity contribution < 1.29 is 167 Å². The van der Waals surface area contributed by atoms with E-state index >= 15 is 0 Å². The van der Waals surface area contributed by atoms with Crippen molar-refractivity contribution in [3.8, 4) is 12.3 Å². The molecule has 447 valence electrons. The van der Waals surface area contributed by atoms with Crippen molar-refractivity contribution in [2.75, 3.05) is 164 Å². The van der Waals surface area contributed by atoms with E-state index < -0.39 is 48.0 Å². The molecule has 0 bridgehead atoms. The predicted octanol–water partition coefficient (Wildman–Crippen LogP) is -1.60. The van der Waals surface area contributed by atoms with Crippen molar-refractivity contribution in [2.24, 2.45) is 5.11 Å². The molecule has 2 aliphatic rings. The van der Waals surface area contributed by atoms with Gasteiger partial charge >= 0.3 is 35.8 Å². The summed E-state index contributed by atoms with van der Waals surface area (Å²) >= 11 is 0. The second-order valence-electron chi connectivity index (χ2n) is 18.2. The number of carboxylic acid groups (broad SMARTS) is 6. The van der Waals surface area contributed by atoms with Crippen LogP contribution in [-0.4, -0.2) is 307 Å². The van der Waals surface area contributed by atoms with E-state index in [4.69, 9.17) is 17.1 Å². The van der Waals surface area contributed by atoms with Crippen molar-refractivity contribution in [2.45, 2.75) is 71.1 Å². The normalized spacial score (nSPS) is 17.4. The number of aromatic nitrogens is 3. The molecule has 77 heavy (non-hydrogen) atoms. The number of aliphatic hydroxyl groups excluding tert-OH is 2. The molecule has 0 spiro atoms. The molecular weight excluding hydrogens is 1350 g/mol. The average molecular weight is 1430 g/mol. The van der Waals surface area contributed by atoms with Gasteiger partial charge < -0.3 is 40.9 Å². The third-order valence-corrected chi connectivity index (χ3v) is 11.8. The van der Waals surface area contributed by atoms with E-state index in [2.05, 4.69) is 40.1 Å². The maximum atomic E-state index is 11.4. The molecule has 28 nitrogen and oxygen atoms in total. The minimum Gasteiger partial charge on any atom is -0.480 e. The number of hydrogen-bond donors (Lipinski definition) is 8. The zero-order chi connectivity index (χ0) is 55.3. The van der Waals surface area contributed by atoms with Gasteiger partial charge in [0.2, 0.25) is 0 Å². The Kier molecular flexibility index (Phi) is 49.5. The van der Waals surface area contributed by atoms with Crippen molar-refractivity contribution in [1.29, 1.82) is 0 Å². The van der Waals surface area contributed by atoms with Gasteiger partial charge in [0.25, 0.3) is 0 Å². The van der Waals surface area contributed by atoms with Crippen LogP contribution in [0.25, 0.3) is 10.4 Å². The van der Waals surface area contributed by atoms with Crippen LogP contribution in [0.15, 0.2) is 11.3 Å². The number of unbranched alkanes of at least 4 members (excludes halogenated alkanes) is 3. The largest absolute Gasteiger partial charge is 0.480 e. The summed E-state index contributed by atoms with van der Waals surface area (Å²) in [5.41, 5.74) is 9.29. The van der Waals surface area contributed by atoms with Crippen LogP contribution >= 0.6 is 0 Å². The van der Waals surface area contributed by atoms with Crippen LogP contribution < -0.4 is 0 Å². The molecule has 2 unspecified atom stereocenters. The fraction of sp³-hybridized carbons (Fsp3) is 0.783. The molecule has 31 heteroatoms. The number of β-amino-alcohol motifs (C(OH)–C–C–N with tert-alkyl or cyclic N) is 2. The monoisotopic (exact) mass is 1430 g/mol. The molecule has 0 aliphatic carbocycles. The number of hydrogen-bond acceptors (Lipinski definition) is 19. The third-order valence-electron chi connectivity index (χ3n) is 11.8. The summed E-state index contributed by atoms with van der Waals surface area (Å²) in [7, 11) is 0. The van der Waals surface area contributed by atoms with Crippen LogP contribution in [0.5, 0.6) is 0 Å². The molecule has 0 amide bonds. The maximum Gasteiger partial charge on any atom is 0.317 e. The van der Waals surface area contributed by atoms with Crippen molar-refractivity contribution in [1.82, 2.24) is 54.2 Å². The van der Waals surface area contributed by atoms with E-state index in [0.717, 1.165) is 31.4 Å². The predicted molar refractivity (Wildman–Crippen MR) is 270 cm³/mol. The standard InChI is InChI=1S/C23H41N7O7.C17H31N7O7.C6H10.Cu.2Gd/c1-2-3-4-19-13-30(25-24-19)15-20(31)14-26-5-7-27(16-21(32)33)9-11-29(18-23(36)37)12-10-28(8-6-26)17-22(34)35;18-20-19-9-14(25)10-21-1-3-22(11-15(26)27)5-7-24(13-17(30)31)8-6-23(4-2-21)12-16(28)29;1-3-5-6-4-2;;;/h13,20,31H,2-12,14-18H2,1H3,(H,32,33)(H,34,35)(H,36,37);14,25H,1-13H2,(H,26,27)(H,28,29)(H,30,31);1H,4-6H2,2H3;;;. The minimum atomic E-state index is -1.01. The van der Waals surface area contributed by atoms with E-state index in [1.165, 1.54) is 12.8 Å². The quantitative estimate of drug-likeness (QED) is 0.0136. The Balaban J connectivity index is -0.00000125. The van der Waals surface area contributed by atoms with Gasteiger partial charge in [-0.05, 0) is 24.8 Å². The van der Waals surface area contributed by atoms with Crippen LogP contribution in [0.1, 0.15) is 51.6 Å². The fourth-order valence-electron chi connectivity index (χ4n) is 7.86. The Hall–Kier alpha value is -2.40. The Morgan fingerprint density at radius 1 is 0.558 bits per heavy atom. The van der Waals surface area contributed by atoms with Gasteiger partial charge in [-0.15, -0.1) is 17.4 Å². The molecule has 2 saturated heterocycles. The SMILES string of the molecule is C#CCCCC.CCCCc1cn(CC(O)CN2CCN(CC(=O)O)CCN(CC(=O)O)CCN(CC(=O)O)CC2)nn1.[Cu].[Gd].[Gd].[N-]=[N+]=NCC(O)CN1CCN(CC(=O)O)CCN(CC(=O)O)CCN(CC(=O)O)CC1. The number of terminal acetylenes is 1. The number of aryl methyl sites for hydroxylation is 1. The number of nitrogens with zero attached hydrogens (tertiary/aromatic N) is 14. The van der Waals surface area contributed by atoms with Gasteiger partial charge in [-0.2, -0.15) is 0 Å². The molecule has 2 atom stereocenters. The number of rotatable bonds is 25. The summed E-state index contributed by atoms with van der Waals surface area (Å²) in [5, 5.41) is 87.9. The molecule has 0 aromatic carbocycles. The topological polar surface area (TPSA) is 370 Å². The molecule has 8 N–H and O–H groups in total. The second-order valence-corrected chi connectivity index (χ2v) is 18.2. The van der Waals surface area contributed by atoms with Crippen molar-refractivity contribution in [3.63, 3.8) is 0 Å². The average Bonchev–Trinajstić information content (AvgIpc) is 3.77. The van der Waals surface area contributed by atoms with E-state index in [1.54, 1.807) is 34.1 Å². The second kappa shape index (κ2) is 48.3. The molecule has 3 heterocycles. The van der Waals surface area contributed by atoms with Crippen LogP contribution in [0.4, 0.5) is 0 Å². The maximum absolute atomic E-state index is 11.4. The zero-order valence-electron chi connectivity index (χ0n) is 44.2. The van der Waals surface area contributed by atoms with Crippen molar-refractivity contribution >= 4 is 35.8 Å². The van der Waals surface area contributed by atoms with E-state index in [9.17, 15) is 64.5 Å². The molecule has 2 aliphatic heterocycles. The smallest absolute Gasteiger partial charge is 0.317 e. The number of carboxylic acids is 6. The summed E-state index contributed by atoms with van der Waals surface area (Å²) in [4.78, 5) is 84.4. The number of aliphatic hydroxyl groups is 2. The number of aliphatic carboxylic acids is 6. The summed E-state index contributed by atoms with van der Waals surface area (Å²) in [6, 6.07) is 0. The number of carbonyl (C=O) groups is 6. The van der Waals surface area contributed by atoms with Crippen LogP contribution in [-0.2, 0) is 58.8 Å². The summed E-state index contributed by atoms with van der Waals surface area (Å²) < 4.78 is 1.62. The Morgan fingerprint density at radius 2 is 0.857 bits per heavy atom. The van der Waals surface area contributed by atoms with E-state index in [0.29, 0.717) is 111 Å². The van der Waals surface area contributed by atoms with Crippen molar-refractivity contribution in [3.05, 3.63) is 22.3 Å². The first-order chi connectivity index (χ1) is 35.2. The summed E-state index contributed by atoms with van der Waals surface area (Å²) in [6.45, 7) is 9.64. The van der Waals surface area contributed by atoms with Crippen LogP contribution in [0.2, 0.25) is 0 Å². The molecule has 1 radical (unpaired) electrons. The molecule has 1 aromatic rings. The van der Waals surface area contributed by atoms with E-state index in [-0.39, 0.29) is 156 Å². The van der Waals surface area contributed by atoms with Crippen LogP contribution in [0, 0.1) is 92.2 Å². The minimum absolute atomic E-state index is 0. The summed E-state index contributed by atoms with van der Waals surface area (Å²) in [5.74, 6) is -3.38. The van der Waals surface area contributed by atoms with E-state index in [1.807, 2.05) is 16.0 Å². The van der Waals surface area contributed by atoms with Gasteiger partial charge in [0.15, 0.2) is 0 Å². The Labute approximate surface area is 526 Å². The zero-order valence-corrected chi connectivity index (χ0v) is 49.7.